The second-order valence-corrected chi connectivity index (χ2v) is 9.63. The van der Waals surface area contributed by atoms with Crippen molar-refractivity contribution in [1.29, 1.82) is 5.26 Å². The summed E-state index contributed by atoms with van der Waals surface area (Å²) < 4.78 is 3.84. The van der Waals surface area contributed by atoms with Crippen molar-refractivity contribution >= 4 is 50.7 Å². The van der Waals surface area contributed by atoms with Crippen LogP contribution in [0.5, 0.6) is 0 Å². The van der Waals surface area contributed by atoms with Crippen molar-refractivity contribution in [2.24, 2.45) is 0 Å². The van der Waals surface area contributed by atoms with Gasteiger partial charge in [0.25, 0.3) is 0 Å². The zero-order valence-electron chi connectivity index (χ0n) is 15.6. The molecule has 3 aromatic heterocycles. The summed E-state index contributed by atoms with van der Waals surface area (Å²) in [4.78, 5) is 6.29. The molecular formula is C23H14N4S3. The Morgan fingerprint density at radius 1 is 1.03 bits per heavy atom. The molecule has 3 heterocycles. The van der Waals surface area contributed by atoms with E-state index >= 15 is 0 Å². The van der Waals surface area contributed by atoms with Crippen LogP contribution in [0.2, 0.25) is 0 Å². The van der Waals surface area contributed by atoms with Gasteiger partial charge in [-0.3, -0.25) is 0 Å². The number of hydrogen-bond acceptors (Lipinski definition) is 6. The zero-order valence-corrected chi connectivity index (χ0v) is 18.0. The average Bonchev–Trinajstić information content (AvgIpc) is 3.52. The Balaban J connectivity index is 1.54. The van der Waals surface area contributed by atoms with Crippen molar-refractivity contribution in [3.8, 4) is 22.3 Å². The molecule has 0 bridgehead atoms. The topological polar surface area (TPSA) is 54.5 Å². The molecule has 0 aliphatic carbocycles. The Bertz CT molecular complexity index is 1340. The molecule has 30 heavy (non-hydrogen) atoms. The first-order valence-electron chi connectivity index (χ1n) is 9.14. The fourth-order valence-corrected chi connectivity index (χ4v) is 5.72. The molecule has 0 spiro atoms. The quantitative estimate of drug-likeness (QED) is 0.220. The van der Waals surface area contributed by atoms with E-state index < -0.39 is 0 Å². The van der Waals surface area contributed by atoms with Crippen LogP contribution >= 0.6 is 34.4 Å². The maximum Gasteiger partial charge on any atom is 0.156 e. The van der Waals surface area contributed by atoms with Crippen LogP contribution in [0.3, 0.4) is 0 Å². The molecule has 0 N–H and O–H groups in total. The number of aromatic nitrogens is 3. The first kappa shape index (κ1) is 18.8. The Hall–Kier alpha value is -3.18. The van der Waals surface area contributed by atoms with Gasteiger partial charge in [-0.1, -0.05) is 36.4 Å². The van der Waals surface area contributed by atoms with Gasteiger partial charge in [0, 0.05) is 11.8 Å². The Morgan fingerprint density at radius 2 is 1.87 bits per heavy atom. The molecule has 5 aromatic rings. The van der Waals surface area contributed by atoms with Gasteiger partial charge in [-0.25, -0.2) is 9.67 Å². The molecule has 0 aliphatic rings. The molecule has 0 fully saturated rings. The second-order valence-electron chi connectivity index (χ2n) is 6.36. The van der Waals surface area contributed by atoms with E-state index in [9.17, 15) is 5.26 Å². The third-order valence-corrected chi connectivity index (χ3v) is 7.29. The number of thiazole rings is 1. The highest BCUT2D eigenvalue weighted by Gasteiger charge is 2.14. The fourth-order valence-electron chi connectivity index (χ4n) is 3.03. The molecule has 0 aliphatic heterocycles. The molecule has 0 unspecified atom stereocenters. The zero-order chi connectivity index (χ0) is 20.3. The van der Waals surface area contributed by atoms with Gasteiger partial charge in [0.15, 0.2) is 4.34 Å². The minimum atomic E-state index is 0.583. The monoisotopic (exact) mass is 442 g/mol. The SMILES string of the molecule is N#C/C(=C\c1cn(-c2ccccc2)nc1-c1cccs1)Sc1nc2ccccc2s1. The Labute approximate surface area is 185 Å². The first-order chi connectivity index (χ1) is 14.8. The van der Waals surface area contributed by atoms with Crippen LogP contribution in [0.25, 0.3) is 32.6 Å². The number of thiophene rings is 1. The summed E-state index contributed by atoms with van der Waals surface area (Å²) in [7, 11) is 0. The van der Waals surface area contributed by atoms with Crippen molar-refractivity contribution in [3.63, 3.8) is 0 Å². The molecule has 0 atom stereocenters. The van der Waals surface area contributed by atoms with Gasteiger partial charge in [-0.2, -0.15) is 10.4 Å². The number of rotatable bonds is 5. The van der Waals surface area contributed by atoms with Crippen LogP contribution in [0.15, 0.2) is 87.6 Å². The first-order valence-corrected chi connectivity index (χ1v) is 11.7. The van der Waals surface area contributed by atoms with Crippen molar-refractivity contribution in [2.45, 2.75) is 4.34 Å². The summed E-state index contributed by atoms with van der Waals surface area (Å²) in [6, 6.07) is 24.4. The molecule has 0 radical (unpaired) electrons. The van der Waals surface area contributed by atoms with E-state index in [4.69, 9.17) is 5.10 Å². The smallest absolute Gasteiger partial charge is 0.156 e. The molecule has 0 saturated carbocycles. The molecule has 7 heteroatoms. The van der Waals surface area contributed by atoms with Gasteiger partial charge in [0.05, 0.1) is 25.7 Å². The Morgan fingerprint density at radius 3 is 2.63 bits per heavy atom. The molecular weight excluding hydrogens is 428 g/mol. The molecule has 2 aromatic carbocycles. The van der Waals surface area contributed by atoms with Gasteiger partial charge in [0.1, 0.15) is 11.8 Å². The predicted molar refractivity (Wildman–Crippen MR) is 126 cm³/mol. The van der Waals surface area contributed by atoms with Crippen LogP contribution in [0.1, 0.15) is 5.56 Å². The second kappa shape index (κ2) is 8.28. The number of allylic oxidation sites excluding steroid dienone is 1. The summed E-state index contributed by atoms with van der Waals surface area (Å²) in [5.41, 5.74) is 3.71. The third kappa shape index (κ3) is 3.81. The van der Waals surface area contributed by atoms with Crippen LogP contribution < -0.4 is 0 Å². The van der Waals surface area contributed by atoms with Gasteiger partial charge >= 0.3 is 0 Å². The summed E-state index contributed by atoms with van der Waals surface area (Å²) in [6.07, 6.45) is 3.87. The summed E-state index contributed by atoms with van der Waals surface area (Å²) in [6.45, 7) is 0. The van der Waals surface area contributed by atoms with E-state index in [1.54, 1.807) is 22.7 Å². The third-order valence-electron chi connectivity index (χ3n) is 4.39. The maximum absolute atomic E-state index is 9.78. The molecule has 4 nitrogen and oxygen atoms in total. The van der Waals surface area contributed by atoms with Gasteiger partial charge in [-0.15, -0.1) is 22.7 Å². The summed E-state index contributed by atoms with van der Waals surface area (Å²) in [5, 5.41) is 16.6. The lowest BCUT2D eigenvalue weighted by molar-refractivity contribution is 0.885. The van der Waals surface area contributed by atoms with E-state index in [2.05, 4.69) is 11.1 Å². The minimum Gasteiger partial charge on any atom is -0.240 e. The van der Waals surface area contributed by atoms with Crippen molar-refractivity contribution in [2.75, 3.05) is 0 Å². The average molecular weight is 443 g/mol. The van der Waals surface area contributed by atoms with Crippen LogP contribution in [0.4, 0.5) is 0 Å². The number of fused-ring (bicyclic) bond motifs is 1. The lowest BCUT2D eigenvalue weighted by Crippen LogP contribution is -1.93. The molecule has 0 saturated heterocycles. The standard InChI is InChI=1S/C23H14N4S3/c24-14-18(29-23-25-19-9-4-5-10-20(19)30-23)13-16-15-27(17-7-2-1-3-8-17)26-22(16)21-11-6-12-28-21/h1-13,15H/b18-13+. The van der Waals surface area contributed by atoms with Crippen molar-refractivity contribution in [3.05, 3.63) is 88.8 Å². The number of hydrogen-bond donors (Lipinski definition) is 0. The van der Waals surface area contributed by atoms with Gasteiger partial charge in [-0.05, 0) is 53.5 Å². The Kier molecular flexibility index (Phi) is 5.20. The van der Waals surface area contributed by atoms with Crippen LogP contribution in [-0.2, 0) is 0 Å². The van der Waals surface area contributed by atoms with Crippen molar-refractivity contribution < 1.29 is 0 Å². The summed E-state index contributed by atoms with van der Waals surface area (Å²) >= 11 is 4.63. The van der Waals surface area contributed by atoms with E-state index in [0.717, 1.165) is 36.4 Å². The van der Waals surface area contributed by atoms with E-state index in [-0.39, 0.29) is 0 Å². The van der Waals surface area contributed by atoms with Crippen molar-refractivity contribution in [1.82, 2.24) is 14.8 Å². The van der Waals surface area contributed by atoms with Gasteiger partial charge < -0.3 is 0 Å². The highest BCUT2D eigenvalue weighted by molar-refractivity contribution is 8.05. The normalized spacial score (nSPS) is 11.6. The van der Waals surface area contributed by atoms with E-state index in [0.29, 0.717) is 4.91 Å². The molecule has 144 valence electrons. The number of nitrogens with zero attached hydrogens (tertiary/aromatic N) is 4. The lowest BCUT2D eigenvalue weighted by Gasteiger charge is -1.99. The number of benzene rings is 2. The largest absolute Gasteiger partial charge is 0.240 e. The number of nitriles is 1. The number of para-hydroxylation sites is 2. The maximum atomic E-state index is 9.78. The van der Waals surface area contributed by atoms with E-state index in [1.165, 1.54) is 11.8 Å². The van der Waals surface area contributed by atoms with Gasteiger partial charge in [0.2, 0.25) is 0 Å². The highest BCUT2D eigenvalue weighted by Crippen LogP contribution is 2.36. The minimum absolute atomic E-state index is 0.583. The van der Waals surface area contributed by atoms with Crippen LogP contribution in [0, 0.1) is 11.3 Å². The fraction of sp³-hybridized carbons (Fsp3) is 0. The predicted octanol–water partition coefficient (Wildman–Crippen LogP) is 6.87. The van der Waals surface area contributed by atoms with Crippen LogP contribution in [-0.4, -0.2) is 14.8 Å². The molecule has 5 rings (SSSR count). The molecule has 0 amide bonds. The highest BCUT2D eigenvalue weighted by atomic mass is 32.2. The number of thioether (sulfide) groups is 1. The lowest BCUT2D eigenvalue weighted by atomic mass is 10.2. The summed E-state index contributed by atoms with van der Waals surface area (Å²) in [5.74, 6) is 0. The van der Waals surface area contributed by atoms with E-state index in [1.807, 2.05) is 89.1 Å².